The molecule has 0 aromatic heterocycles. The Bertz CT molecular complexity index is 580. The largest absolute Gasteiger partial charge is 0.383 e. The van der Waals surface area contributed by atoms with Crippen molar-refractivity contribution in [3.63, 3.8) is 0 Å². The lowest BCUT2D eigenvalue weighted by molar-refractivity contribution is -0.314. The number of rotatable bonds is 7. The highest BCUT2D eigenvalue weighted by Gasteiger charge is 2.70. The Kier molecular flexibility index (Phi) is 6.09. The van der Waals surface area contributed by atoms with Gasteiger partial charge in [-0.3, -0.25) is 9.59 Å². The number of hydrogen-bond donors (Lipinski definition) is 1. The molecule has 0 unspecified atom stereocenters. The van der Waals surface area contributed by atoms with Gasteiger partial charge in [0.25, 0.3) is 11.7 Å². The van der Waals surface area contributed by atoms with Gasteiger partial charge in [0, 0.05) is 19.7 Å². The van der Waals surface area contributed by atoms with E-state index in [1.54, 1.807) is 6.92 Å². The van der Waals surface area contributed by atoms with Crippen molar-refractivity contribution in [2.24, 2.45) is 0 Å². The van der Waals surface area contributed by atoms with Gasteiger partial charge in [-0.2, -0.15) is 8.78 Å². The average Bonchev–Trinajstić information content (AvgIpc) is 3.03. The van der Waals surface area contributed by atoms with Crippen molar-refractivity contribution >= 4 is 20.1 Å². The van der Waals surface area contributed by atoms with Crippen molar-refractivity contribution in [3.8, 4) is 0 Å². The first-order valence-corrected chi connectivity index (χ1v) is 12.5. The molecule has 156 valence electrons. The smallest absolute Gasteiger partial charge is 0.378 e. The maximum absolute atomic E-state index is 15.7. The van der Waals surface area contributed by atoms with Crippen LogP contribution in [0.3, 0.4) is 0 Å². The van der Waals surface area contributed by atoms with Gasteiger partial charge in [-0.25, -0.2) is 0 Å². The van der Waals surface area contributed by atoms with Crippen molar-refractivity contribution in [2.45, 2.75) is 82.8 Å². The van der Waals surface area contributed by atoms with Crippen LogP contribution in [0.15, 0.2) is 0 Å². The third kappa shape index (κ3) is 3.91. The van der Waals surface area contributed by atoms with Gasteiger partial charge < -0.3 is 19.4 Å². The molecule has 2 fully saturated rings. The minimum absolute atomic E-state index is 0.0656. The number of ether oxygens (including phenoxy) is 1. The van der Waals surface area contributed by atoms with Crippen molar-refractivity contribution < 1.29 is 27.5 Å². The Balaban J connectivity index is 2.49. The summed E-state index contributed by atoms with van der Waals surface area (Å²) in [6, 6.07) is -1.07. The highest BCUT2D eigenvalue weighted by atomic mass is 28.4. The number of alkyl halides is 2. The Morgan fingerprint density at radius 2 is 1.78 bits per heavy atom. The maximum atomic E-state index is 15.7. The molecule has 27 heavy (non-hydrogen) atoms. The molecule has 1 N–H and O–H groups in total. The second kappa shape index (κ2) is 7.40. The lowest BCUT2D eigenvalue weighted by Crippen LogP contribution is -2.76. The number of nitrogens with zero attached hydrogens (tertiary/aromatic N) is 1. The Hall–Kier alpha value is -1.06. The van der Waals surface area contributed by atoms with E-state index >= 15 is 8.78 Å². The Morgan fingerprint density at radius 3 is 2.19 bits per heavy atom. The van der Waals surface area contributed by atoms with Crippen LogP contribution in [0.25, 0.3) is 0 Å². The van der Waals surface area contributed by atoms with Crippen molar-refractivity contribution in [2.75, 3.05) is 19.7 Å². The lowest BCUT2D eigenvalue weighted by atomic mass is 9.90. The summed E-state index contributed by atoms with van der Waals surface area (Å²) in [5, 5.41) is 2.10. The summed E-state index contributed by atoms with van der Waals surface area (Å²) in [5.74, 6) is -8.06. The first kappa shape index (κ1) is 22.2. The molecule has 6 nitrogen and oxygen atoms in total. The second-order valence-electron chi connectivity index (χ2n) is 8.86. The predicted octanol–water partition coefficient (Wildman–Crippen LogP) is 2.89. The van der Waals surface area contributed by atoms with E-state index in [9.17, 15) is 9.59 Å². The predicted molar refractivity (Wildman–Crippen MR) is 99.9 cm³/mol. The zero-order valence-corrected chi connectivity index (χ0v) is 18.2. The number of carbonyl (C=O) groups is 2. The lowest BCUT2D eigenvalue weighted by Gasteiger charge is -2.52. The first-order chi connectivity index (χ1) is 12.3. The number of halogens is 2. The normalized spacial score (nSPS) is 23.6. The fourth-order valence-corrected chi connectivity index (χ4v) is 4.57. The number of amides is 2. The zero-order valence-electron chi connectivity index (χ0n) is 17.2. The van der Waals surface area contributed by atoms with Gasteiger partial charge in [0.15, 0.2) is 8.32 Å². The van der Waals surface area contributed by atoms with Gasteiger partial charge in [-0.05, 0) is 37.9 Å². The van der Waals surface area contributed by atoms with Gasteiger partial charge in [0.2, 0.25) is 5.91 Å². The van der Waals surface area contributed by atoms with E-state index in [0.29, 0.717) is 25.9 Å². The second-order valence-corrected chi connectivity index (χ2v) is 13.6. The van der Waals surface area contributed by atoms with E-state index in [2.05, 4.69) is 5.32 Å². The van der Waals surface area contributed by atoms with Crippen LogP contribution in [0.1, 0.15) is 47.0 Å². The third-order valence-corrected chi connectivity index (χ3v) is 10.3. The summed E-state index contributed by atoms with van der Waals surface area (Å²) >= 11 is 0. The van der Waals surface area contributed by atoms with E-state index in [4.69, 9.17) is 9.16 Å². The van der Waals surface area contributed by atoms with Crippen molar-refractivity contribution in [1.29, 1.82) is 0 Å². The topological polar surface area (TPSA) is 67.9 Å². The van der Waals surface area contributed by atoms with Crippen LogP contribution in [-0.4, -0.2) is 62.5 Å². The summed E-state index contributed by atoms with van der Waals surface area (Å²) < 4.78 is 43.1. The molecular weight excluding hydrogens is 374 g/mol. The fourth-order valence-electron chi connectivity index (χ4n) is 3.18. The molecule has 0 aromatic carbocycles. The van der Waals surface area contributed by atoms with Gasteiger partial charge in [-0.1, -0.05) is 20.8 Å². The summed E-state index contributed by atoms with van der Waals surface area (Å²) in [7, 11) is -2.77. The van der Waals surface area contributed by atoms with Crippen LogP contribution in [-0.2, 0) is 18.8 Å². The number of carbonyl (C=O) groups excluding carboxylic acids is 2. The van der Waals surface area contributed by atoms with Crippen LogP contribution >= 0.6 is 0 Å². The van der Waals surface area contributed by atoms with Crippen LogP contribution in [0.2, 0.25) is 18.1 Å². The van der Waals surface area contributed by atoms with Crippen molar-refractivity contribution in [3.05, 3.63) is 0 Å². The molecule has 0 saturated carbocycles. The van der Waals surface area contributed by atoms with Crippen LogP contribution in [0.4, 0.5) is 8.78 Å². The molecule has 2 atom stereocenters. The molecule has 2 rings (SSSR count). The standard InChI is InChI=1S/C18H32F2N2O4Si/c1-7-25-18(13-12-14(23)21-13,26-27(5,6)16(2,3)4)17(19,20)15(24)22-10-8-9-11-22/h13H,7-12H2,1-6H3,(H,21,23)/t13-,18+/m0/s1. The molecule has 2 saturated heterocycles. The highest BCUT2D eigenvalue weighted by Crippen LogP contribution is 2.47. The quantitative estimate of drug-likeness (QED) is 0.401. The van der Waals surface area contributed by atoms with E-state index in [1.165, 1.54) is 4.90 Å². The third-order valence-electron chi connectivity index (χ3n) is 5.85. The summed E-state index contributed by atoms with van der Waals surface area (Å²) in [5.41, 5.74) is 0. The fraction of sp³-hybridized carbons (Fsp3) is 0.889. The molecule has 0 aromatic rings. The molecule has 0 bridgehead atoms. The molecule has 0 radical (unpaired) electrons. The first-order valence-electron chi connectivity index (χ1n) is 9.59. The summed E-state index contributed by atoms with van der Waals surface area (Å²) in [6.07, 6.45) is 1.25. The van der Waals surface area contributed by atoms with E-state index in [0.717, 1.165) is 0 Å². The van der Waals surface area contributed by atoms with E-state index in [-0.39, 0.29) is 24.0 Å². The molecule has 2 amide bonds. The van der Waals surface area contributed by atoms with Gasteiger partial charge in [-0.15, -0.1) is 0 Å². The van der Waals surface area contributed by atoms with Crippen LogP contribution in [0.5, 0.6) is 0 Å². The zero-order chi connectivity index (χ0) is 20.7. The SMILES string of the molecule is CCO[C@@](O[Si](C)(C)C(C)(C)C)([C@@H]1CC(=O)N1)C(F)(F)C(=O)N1CCCC1. The van der Waals surface area contributed by atoms with Gasteiger partial charge in [0.1, 0.15) is 0 Å². The Morgan fingerprint density at radius 1 is 1.26 bits per heavy atom. The molecule has 9 heteroatoms. The molecule has 0 aliphatic carbocycles. The number of nitrogens with one attached hydrogen (secondary N) is 1. The molecular formula is C18H32F2N2O4Si. The van der Waals surface area contributed by atoms with E-state index < -0.39 is 32.0 Å². The summed E-state index contributed by atoms with van der Waals surface area (Å²) in [4.78, 5) is 25.5. The number of β-lactam (4-membered cyclic amide) rings is 1. The van der Waals surface area contributed by atoms with Crippen LogP contribution in [0, 0.1) is 0 Å². The monoisotopic (exact) mass is 406 g/mol. The van der Waals surface area contributed by atoms with E-state index in [1.807, 2.05) is 33.9 Å². The number of likely N-dealkylation sites (tertiary alicyclic amines) is 1. The Labute approximate surface area is 161 Å². The average molecular weight is 407 g/mol. The summed E-state index contributed by atoms with van der Waals surface area (Å²) in [6.45, 7) is 11.6. The highest BCUT2D eigenvalue weighted by molar-refractivity contribution is 6.74. The van der Waals surface area contributed by atoms with Gasteiger partial charge >= 0.3 is 5.92 Å². The molecule has 2 heterocycles. The van der Waals surface area contributed by atoms with Crippen LogP contribution < -0.4 is 5.32 Å². The number of hydrogen-bond acceptors (Lipinski definition) is 4. The maximum Gasteiger partial charge on any atom is 0.378 e. The molecule has 2 aliphatic rings. The molecule has 0 spiro atoms. The molecule has 2 aliphatic heterocycles. The minimum Gasteiger partial charge on any atom is -0.383 e. The minimum atomic E-state index is -3.92. The van der Waals surface area contributed by atoms with Gasteiger partial charge in [0.05, 0.1) is 12.5 Å². The van der Waals surface area contributed by atoms with Crippen molar-refractivity contribution in [1.82, 2.24) is 10.2 Å².